The molecule has 2 aromatic carbocycles. The second kappa shape index (κ2) is 36.9. The zero-order valence-electron chi connectivity index (χ0n) is 60.9. The molecule has 101 heavy (non-hydrogen) atoms. The summed E-state index contributed by atoms with van der Waals surface area (Å²) in [6, 6.07) is 15.6. The number of nitrogens with zero attached hydrogens (tertiary/aromatic N) is 4. The van der Waals surface area contributed by atoms with Gasteiger partial charge in [-0.1, -0.05) is 76.2 Å². The van der Waals surface area contributed by atoms with Crippen molar-refractivity contribution >= 4 is 87.4 Å². The van der Waals surface area contributed by atoms with E-state index in [1.54, 1.807) is 85.8 Å². The van der Waals surface area contributed by atoms with Crippen molar-refractivity contribution in [3.63, 3.8) is 0 Å². The van der Waals surface area contributed by atoms with E-state index in [0.29, 0.717) is 61.2 Å². The Kier molecular flexibility index (Phi) is 30.7. The van der Waals surface area contributed by atoms with Crippen LogP contribution in [0.5, 0.6) is 0 Å². The fourth-order valence-corrected chi connectivity index (χ4v) is 11.4. The molecular formula is C72H99LiN8O20. The number of carbonyl (C=O) groups is 9. The standard InChI is InChI=1S/C37H50N4O10.C35H48N4O9.Li.H2O/c1-22(2)28(33(44)38-23(3)34(45)41-17-9-10-30(40-41)35(46)47-8)19-32(43)51-37(20-48-36(6,7)49-21-37)16-15-26-11-12-27-13-14-29(39-31(27)18-26)24(4)50-25(5)42;1-21(2)26(31(42)36-22(3)32(43)39-16-8-9-28(38-39)33(44)45-7)18-30(41)48-35(19-46-34(5,6)47-20-35)15-14-24-10-11-25-12-13-27(23(4)40)37-29(25)17-24;;/h11-16,18,22-24,28,30,40H,9-10,17,19-21H2,1-8H3,(H,38,44);10-15,17,21-23,26,28,38,40H,8-9,16,18-20H2,1-7H3,(H,36,42);;1H2/q;;+1;/p-1/b16-15+;15-14+;;/t23-,24+,28-,30-;22-,23+,26-,28-;;/m00../s1. The summed E-state index contributed by atoms with van der Waals surface area (Å²) >= 11 is 0. The Bertz CT molecular complexity index is 3620. The van der Waals surface area contributed by atoms with Crippen molar-refractivity contribution in [3.8, 4) is 0 Å². The number of fused-ring (bicyclic) bond motifs is 2. The van der Waals surface area contributed by atoms with Gasteiger partial charge in [0.25, 0.3) is 11.8 Å². The molecule has 4 aliphatic rings. The van der Waals surface area contributed by atoms with Crippen molar-refractivity contribution in [2.45, 2.75) is 188 Å². The fraction of sp³-hybridized carbons (Fsp3) is 0.569. The topological polar surface area (TPSA) is 367 Å². The molecule has 4 aliphatic heterocycles. The van der Waals surface area contributed by atoms with Gasteiger partial charge in [0.15, 0.2) is 22.8 Å². The minimum atomic E-state index is -1.29. The number of aromatic nitrogens is 2. The van der Waals surface area contributed by atoms with E-state index in [9.17, 15) is 48.3 Å². The zero-order chi connectivity index (χ0) is 72.7. The molecule has 0 saturated carbocycles. The summed E-state index contributed by atoms with van der Waals surface area (Å²) in [5.74, 6) is -8.23. The number of amides is 4. The molecule has 29 heteroatoms. The SMILES string of the molecule is COC(=O)[C@@H]1CCCN(C(=O)[C@H](C)NC(=O)[C@@H](CC(=O)OC2(/C=C/c3ccc4ccc([C@@H](C)O)nc4c3)COC(C)(C)OC2)C(C)C)N1.COC(=O)[C@@H]1CCCN(C(=O)[C@H](C)NC(=O)[C@@H](CC(=O)OC2(/C=C/c3ccc4ccc([C@@H](C)OC(C)=O)nc4c3)COC(C)(C)OC2)C(C)C)N1.[Li+].[OH-]. The number of carbonyl (C=O) groups excluding carboxylic acids is 9. The van der Waals surface area contributed by atoms with Crippen molar-refractivity contribution in [2.75, 3.05) is 53.7 Å². The third-order valence-corrected chi connectivity index (χ3v) is 17.5. The number of hydrogen-bond acceptors (Lipinski definition) is 24. The molecule has 4 saturated heterocycles. The predicted molar refractivity (Wildman–Crippen MR) is 365 cm³/mol. The van der Waals surface area contributed by atoms with E-state index >= 15 is 0 Å². The molecule has 0 bridgehead atoms. The van der Waals surface area contributed by atoms with Gasteiger partial charge in [0.05, 0.1) is 93.8 Å². The third kappa shape index (κ3) is 23.6. The van der Waals surface area contributed by atoms with Crippen molar-refractivity contribution < 1.29 is 115 Å². The van der Waals surface area contributed by atoms with Gasteiger partial charge in [-0.2, -0.15) is 0 Å². The smallest absolute Gasteiger partial charge is 0.870 e. The second-order valence-corrected chi connectivity index (χ2v) is 27.2. The van der Waals surface area contributed by atoms with Crippen LogP contribution in [0.1, 0.15) is 163 Å². The molecule has 548 valence electrons. The number of methoxy groups -OCH3 is 2. The van der Waals surface area contributed by atoms with Gasteiger partial charge in [-0.15, -0.1) is 0 Å². The van der Waals surface area contributed by atoms with Gasteiger partial charge in [0, 0.05) is 30.8 Å². The Morgan fingerprint density at radius 2 is 0.960 bits per heavy atom. The normalized spacial score (nSPS) is 20.3. The molecule has 6 heterocycles. The van der Waals surface area contributed by atoms with E-state index in [1.165, 1.54) is 31.2 Å². The van der Waals surface area contributed by atoms with E-state index in [1.807, 2.05) is 82.3 Å². The Balaban J connectivity index is 0.000000357. The molecule has 4 fully saturated rings. The molecule has 4 amide bonds. The second-order valence-electron chi connectivity index (χ2n) is 27.2. The first-order valence-electron chi connectivity index (χ1n) is 33.6. The molecule has 6 N–H and O–H groups in total. The third-order valence-electron chi connectivity index (χ3n) is 17.5. The van der Waals surface area contributed by atoms with Crippen molar-refractivity contribution in [1.82, 2.24) is 41.5 Å². The quantitative estimate of drug-likeness (QED) is 0.0400. The number of rotatable bonds is 23. The van der Waals surface area contributed by atoms with E-state index in [-0.39, 0.29) is 75.4 Å². The van der Waals surface area contributed by atoms with Gasteiger partial charge in [-0.05, 0) is 140 Å². The van der Waals surface area contributed by atoms with Crippen LogP contribution < -0.4 is 40.3 Å². The summed E-state index contributed by atoms with van der Waals surface area (Å²) in [5, 5.41) is 19.9. The van der Waals surface area contributed by atoms with Crippen LogP contribution in [0.3, 0.4) is 0 Å². The number of pyridine rings is 2. The first kappa shape index (κ1) is 83.9. The maximum atomic E-state index is 13.5. The van der Waals surface area contributed by atoms with Crippen LogP contribution in [0, 0.1) is 23.7 Å². The maximum absolute atomic E-state index is 13.5. The molecule has 2 aromatic heterocycles. The summed E-state index contributed by atoms with van der Waals surface area (Å²) in [7, 11) is 2.57. The predicted octanol–water partition coefficient (Wildman–Crippen LogP) is 3.80. The molecule has 4 aromatic rings. The molecule has 8 rings (SSSR count). The Labute approximate surface area is 601 Å². The van der Waals surface area contributed by atoms with Gasteiger partial charge in [-0.25, -0.2) is 15.8 Å². The molecule has 8 atom stereocenters. The van der Waals surface area contributed by atoms with Crippen LogP contribution in [-0.2, 0) is 85.8 Å². The Hall–Kier alpha value is -7.75. The van der Waals surface area contributed by atoms with Crippen LogP contribution in [0.15, 0.2) is 72.8 Å². The van der Waals surface area contributed by atoms with Gasteiger partial charge >= 0.3 is 48.7 Å². The average Bonchev–Trinajstić information content (AvgIpc) is 0.802. The van der Waals surface area contributed by atoms with Gasteiger partial charge in [0.1, 0.15) is 30.3 Å². The molecule has 0 radical (unpaired) electrons. The maximum Gasteiger partial charge on any atom is 1.00 e. The van der Waals surface area contributed by atoms with Crippen molar-refractivity contribution in [1.29, 1.82) is 0 Å². The molecule has 0 aliphatic carbocycles. The van der Waals surface area contributed by atoms with Crippen LogP contribution in [-0.4, -0.2) is 185 Å². The summed E-state index contributed by atoms with van der Waals surface area (Å²) in [4.78, 5) is 125. The number of hydrogen-bond donors (Lipinski definition) is 5. The molecule has 28 nitrogen and oxygen atoms in total. The Morgan fingerprint density at radius 3 is 1.32 bits per heavy atom. The summed E-state index contributed by atoms with van der Waals surface area (Å²) in [5.41, 5.74) is 7.31. The number of aliphatic hydroxyl groups is 1. The molecule has 0 unspecified atom stereocenters. The number of hydrazine groups is 2. The number of esters is 5. The first-order valence-corrected chi connectivity index (χ1v) is 33.6. The number of benzene rings is 2. The molecular weight excluding hydrogens is 1300 g/mol. The van der Waals surface area contributed by atoms with Crippen LogP contribution in [0.25, 0.3) is 34.0 Å². The van der Waals surface area contributed by atoms with E-state index in [4.69, 9.17) is 42.6 Å². The number of nitrogens with one attached hydrogen (secondary N) is 4. The number of aliphatic hydroxyl groups excluding tert-OH is 1. The summed E-state index contributed by atoms with van der Waals surface area (Å²) < 4.78 is 50.6. The van der Waals surface area contributed by atoms with E-state index < -0.39 is 124 Å². The fourth-order valence-electron chi connectivity index (χ4n) is 11.4. The van der Waals surface area contributed by atoms with Crippen molar-refractivity contribution in [3.05, 3.63) is 95.3 Å². The van der Waals surface area contributed by atoms with E-state index in [2.05, 4.69) is 31.5 Å². The summed E-state index contributed by atoms with van der Waals surface area (Å²) in [6.45, 7) is 23.0. The van der Waals surface area contributed by atoms with Gasteiger partial charge in [0.2, 0.25) is 11.8 Å². The van der Waals surface area contributed by atoms with E-state index in [0.717, 1.165) is 21.9 Å². The Morgan fingerprint density at radius 1 is 0.594 bits per heavy atom. The van der Waals surface area contributed by atoms with Crippen LogP contribution in [0.4, 0.5) is 0 Å². The first-order chi connectivity index (χ1) is 46.6. The van der Waals surface area contributed by atoms with Gasteiger partial charge < -0.3 is 63.8 Å². The minimum absolute atomic E-state index is 0. The number of ether oxygens (including phenoxy) is 9. The van der Waals surface area contributed by atoms with Crippen molar-refractivity contribution in [2.24, 2.45) is 23.7 Å². The summed E-state index contributed by atoms with van der Waals surface area (Å²) in [6.07, 6.45) is 7.57. The zero-order valence-corrected chi connectivity index (χ0v) is 60.9. The van der Waals surface area contributed by atoms with Crippen LogP contribution >= 0.6 is 0 Å². The minimum Gasteiger partial charge on any atom is -0.870 e. The van der Waals surface area contributed by atoms with Crippen LogP contribution in [0.2, 0.25) is 0 Å². The monoisotopic (exact) mass is 1400 g/mol. The molecule has 0 spiro atoms. The largest absolute Gasteiger partial charge is 1.00 e. The van der Waals surface area contributed by atoms with Gasteiger partial charge in [-0.3, -0.25) is 58.2 Å². The average molecular weight is 1400 g/mol.